The van der Waals surface area contributed by atoms with Crippen molar-refractivity contribution in [3.63, 3.8) is 0 Å². The van der Waals surface area contributed by atoms with Crippen LogP contribution in [-0.4, -0.2) is 31.9 Å². The van der Waals surface area contributed by atoms with Gasteiger partial charge in [0.2, 0.25) is 0 Å². The van der Waals surface area contributed by atoms with Gasteiger partial charge in [0.25, 0.3) is 0 Å². The Balaban J connectivity index is 2.21. The second kappa shape index (κ2) is 7.44. The second-order valence-corrected chi connectivity index (χ2v) is 6.51. The molecule has 0 radical (unpaired) electrons. The van der Waals surface area contributed by atoms with Crippen molar-refractivity contribution < 1.29 is 9.53 Å². The molecule has 3 aromatic rings. The maximum absolute atomic E-state index is 13.5. The quantitative estimate of drug-likeness (QED) is 0.484. The van der Waals surface area contributed by atoms with Gasteiger partial charge in [-0.2, -0.15) is 0 Å². The number of benzene rings is 3. The smallest absolute Gasteiger partial charge is 0.195 e. The number of Topliss-reactive ketones (excluding diaryl/α,β-unsaturated/α-hetero) is 1. The van der Waals surface area contributed by atoms with E-state index in [4.69, 9.17) is 4.74 Å². The topological polar surface area (TPSA) is 29.5 Å². The molecule has 26 heavy (non-hydrogen) atoms. The summed E-state index contributed by atoms with van der Waals surface area (Å²) in [7, 11) is 5.50. The molecule has 0 saturated heterocycles. The molecule has 0 amide bonds. The summed E-state index contributed by atoms with van der Waals surface area (Å²) in [6, 6.07) is 19.5. The van der Waals surface area contributed by atoms with Crippen LogP contribution in [-0.2, 0) is 0 Å². The summed E-state index contributed by atoms with van der Waals surface area (Å²) in [4.78, 5) is 15.4. The lowest BCUT2D eigenvalue weighted by molar-refractivity contribution is 0.105. The van der Waals surface area contributed by atoms with Gasteiger partial charge in [-0.15, -0.1) is 0 Å². The Labute approximate surface area is 154 Å². The number of hydrogen-bond donors (Lipinski definition) is 0. The van der Waals surface area contributed by atoms with Gasteiger partial charge in [-0.05, 0) is 35.6 Å². The molecule has 0 N–H and O–H groups in total. The van der Waals surface area contributed by atoms with Crippen LogP contribution in [0.4, 0.5) is 0 Å². The normalized spacial score (nSPS) is 11.5. The molecule has 0 bridgehead atoms. The largest absolute Gasteiger partial charge is 0.496 e. The highest BCUT2D eigenvalue weighted by molar-refractivity contribution is 6.32. The molecule has 0 heterocycles. The van der Waals surface area contributed by atoms with Crippen LogP contribution in [0.2, 0.25) is 0 Å². The molecule has 0 spiro atoms. The van der Waals surface area contributed by atoms with E-state index in [1.54, 1.807) is 7.11 Å². The van der Waals surface area contributed by atoms with Crippen molar-refractivity contribution in [3.05, 3.63) is 83.6 Å². The fraction of sp³-hybridized carbons (Fsp3) is 0.174. The summed E-state index contributed by atoms with van der Waals surface area (Å²) in [5, 5.41) is 1.84. The van der Waals surface area contributed by atoms with Crippen molar-refractivity contribution in [3.8, 4) is 5.75 Å². The van der Waals surface area contributed by atoms with E-state index in [1.165, 1.54) is 0 Å². The molecule has 0 saturated carbocycles. The number of nitrogens with zero attached hydrogens (tertiary/aromatic N) is 1. The molecule has 3 aromatic carbocycles. The first-order valence-corrected chi connectivity index (χ1v) is 8.57. The summed E-state index contributed by atoms with van der Waals surface area (Å²) in [5.74, 6) is 0.776. The van der Waals surface area contributed by atoms with Gasteiger partial charge in [-0.25, -0.2) is 0 Å². The van der Waals surface area contributed by atoms with Crippen molar-refractivity contribution in [1.29, 1.82) is 0 Å². The highest BCUT2D eigenvalue weighted by Gasteiger charge is 2.19. The second-order valence-electron chi connectivity index (χ2n) is 6.51. The van der Waals surface area contributed by atoms with Gasteiger partial charge in [-0.1, -0.05) is 48.5 Å². The lowest BCUT2D eigenvalue weighted by Gasteiger charge is -2.16. The first-order valence-electron chi connectivity index (χ1n) is 8.57. The summed E-state index contributed by atoms with van der Waals surface area (Å²) >= 11 is 0. The van der Waals surface area contributed by atoms with Crippen molar-refractivity contribution in [2.24, 2.45) is 0 Å². The number of allylic oxidation sites excluding steroid dienone is 1. The number of methoxy groups -OCH3 is 1. The van der Waals surface area contributed by atoms with Crippen LogP contribution in [0.3, 0.4) is 0 Å². The van der Waals surface area contributed by atoms with Crippen molar-refractivity contribution in [2.45, 2.75) is 6.92 Å². The number of carbonyl (C=O) groups is 1. The standard InChI is InChI=1S/C23H23NO2/c1-16-9-5-6-10-17(16)21(15-24(2)3)23(25)20-13-14-22(26-4)19-12-8-7-11-18(19)20/h5-15H,1-4H3/b21-15+. The zero-order valence-electron chi connectivity index (χ0n) is 15.6. The lowest BCUT2D eigenvalue weighted by Crippen LogP contribution is -2.10. The van der Waals surface area contributed by atoms with Crippen LogP contribution in [0.15, 0.2) is 66.9 Å². The molecular formula is C23H23NO2. The summed E-state index contributed by atoms with van der Waals surface area (Å²) < 4.78 is 5.46. The Kier molecular flexibility index (Phi) is 5.08. The predicted molar refractivity (Wildman–Crippen MR) is 108 cm³/mol. The average Bonchev–Trinajstić information content (AvgIpc) is 2.65. The van der Waals surface area contributed by atoms with Crippen LogP contribution in [0.25, 0.3) is 16.3 Å². The van der Waals surface area contributed by atoms with E-state index in [0.717, 1.165) is 27.6 Å². The number of ketones is 1. The number of fused-ring (bicyclic) bond motifs is 1. The van der Waals surface area contributed by atoms with Crippen molar-refractivity contribution in [1.82, 2.24) is 4.90 Å². The van der Waals surface area contributed by atoms with E-state index in [0.29, 0.717) is 11.1 Å². The number of aryl methyl sites for hydroxylation is 1. The SMILES string of the molecule is COc1ccc(C(=O)/C(=C/N(C)C)c2ccccc2C)c2ccccc12. The van der Waals surface area contributed by atoms with Crippen LogP contribution in [0, 0.1) is 6.92 Å². The average molecular weight is 345 g/mol. The zero-order chi connectivity index (χ0) is 18.7. The molecule has 3 rings (SSSR count). The minimum Gasteiger partial charge on any atom is -0.496 e. The zero-order valence-corrected chi connectivity index (χ0v) is 15.6. The van der Waals surface area contributed by atoms with Crippen LogP contribution in [0.5, 0.6) is 5.75 Å². The van der Waals surface area contributed by atoms with Gasteiger partial charge in [-0.3, -0.25) is 4.79 Å². The first-order chi connectivity index (χ1) is 12.5. The number of rotatable bonds is 5. The fourth-order valence-electron chi connectivity index (χ4n) is 3.18. The highest BCUT2D eigenvalue weighted by Crippen LogP contribution is 2.32. The summed E-state index contributed by atoms with van der Waals surface area (Å²) in [6.07, 6.45) is 1.89. The van der Waals surface area contributed by atoms with E-state index in [9.17, 15) is 4.79 Å². The minimum absolute atomic E-state index is 0.00635. The molecule has 3 nitrogen and oxygen atoms in total. The number of hydrogen-bond acceptors (Lipinski definition) is 3. The molecule has 0 aromatic heterocycles. The molecule has 0 unspecified atom stereocenters. The molecular weight excluding hydrogens is 322 g/mol. The van der Waals surface area contributed by atoms with Gasteiger partial charge < -0.3 is 9.64 Å². The Hall–Kier alpha value is -3.07. The molecule has 0 aliphatic carbocycles. The monoisotopic (exact) mass is 345 g/mol. The molecule has 132 valence electrons. The highest BCUT2D eigenvalue weighted by atomic mass is 16.5. The van der Waals surface area contributed by atoms with Gasteiger partial charge in [0.15, 0.2) is 5.78 Å². The lowest BCUT2D eigenvalue weighted by atomic mass is 9.91. The molecule has 0 atom stereocenters. The first kappa shape index (κ1) is 17.7. The van der Waals surface area contributed by atoms with Crippen molar-refractivity contribution >= 4 is 22.1 Å². The molecule has 3 heteroatoms. The summed E-state index contributed by atoms with van der Waals surface area (Å²) in [6.45, 7) is 2.03. The van der Waals surface area contributed by atoms with Crippen LogP contribution in [0.1, 0.15) is 21.5 Å². The third-order valence-electron chi connectivity index (χ3n) is 4.42. The van der Waals surface area contributed by atoms with E-state index in [1.807, 2.05) is 92.8 Å². The summed E-state index contributed by atoms with van der Waals surface area (Å²) in [5.41, 5.74) is 3.39. The van der Waals surface area contributed by atoms with E-state index in [-0.39, 0.29) is 5.78 Å². The third kappa shape index (κ3) is 3.33. The van der Waals surface area contributed by atoms with E-state index < -0.39 is 0 Å². The minimum atomic E-state index is 0.00635. The van der Waals surface area contributed by atoms with Gasteiger partial charge in [0.05, 0.1) is 7.11 Å². The third-order valence-corrected chi connectivity index (χ3v) is 4.42. The Morgan fingerprint density at radius 2 is 1.54 bits per heavy atom. The molecule has 0 aliphatic rings. The maximum atomic E-state index is 13.5. The number of ether oxygens (including phenoxy) is 1. The van der Waals surface area contributed by atoms with E-state index >= 15 is 0 Å². The Morgan fingerprint density at radius 3 is 2.19 bits per heavy atom. The van der Waals surface area contributed by atoms with Crippen LogP contribution < -0.4 is 4.74 Å². The fourth-order valence-corrected chi connectivity index (χ4v) is 3.18. The number of carbonyl (C=O) groups excluding carboxylic acids is 1. The van der Waals surface area contributed by atoms with Gasteiger partial charge in [0.1, 0.15) is 5.75 Å². The van der Waals surface area contributed by atoms with Gasteiger partial charge in [0, 0.05) is 36.8 Å². The van der Waals surface area contributed by atoms with Crippen LogP contribution >= 0.6 is 0 Å². The Morgan fingerprint density at radius 1 is 0.885 bits per heavy atom. The Bertz CT molecular complexity index is 986. The predicted octanol–water partition coefficient (Wildman–Crippen LogP) is 4.94. The molecule has 0 aliphatic heterocycles. The molecule has 0 fully saturated rings. The van der Waals surface area contributed by atoms with Gasteiger partial charge >= 0.3 is 0 Å². The van der Waals surface area contributed by atoms with Crippen molar-refractivity contribution in [2.75, 3.05) is 21.2 Å². The maximum Gasteiger partial charge on any atom is 0.195 e. The van der Waals surface area contributed by atoms with E-state index in [2.05, 4.69) is 0 Å².